The number of halogens is 1. The maximum absolute atomic E-state index is 15.2. The summed E-state index contributed by atoms with van der Waals surface area (Å²) < 4.78 is 22.1. The van der Waals surface area contributed by atoms with Crippen molar-refractivity contribution in [2.75, 3.05) is 82.4 Å². The Balaban J connectivity index is 0.00000153. The molecule has 2 aromatic heterocycles. The first-order valence-corrected chi connectivity index (χ1v) is 28.9. The second-order valence-electron chi connectivity index (χ2n) is 22.3. The average molecular weight is 1120 g/mol. The van der Waals surface area contributed by atoms with Crippen molar-refractivity contribution in [3.05, 3.63) is 89.4 Å². The van der Waals surface area contributed by atoms with Crippen LogP contribution in [0.4, 0.5) is 15.9 Å². The number of aromatic nitrogens is 3. The highest BCUT2D eigenvalue weighted by molar-refractivity contribution is 7.28. The van der Waals surface area contributed by atoms with Crippen LogP contribution in [0.2, 0.25) is 0 Å². The van der Waals surface area contributed by atoms with Gasteiger partial charge in [-0.15, -0.1) is 15.7 Å². The van der Waals surface area contributed by atoms with E-state index in [2.05, 4.69) is 63.4 Å². The van der Waals surface area contributed by atoms with Gasteiger partial charge >= 0.3 is 6.01 Å². The van der Waals surface area contributed by atoms with Gasteiger partial charge in [-0.05, 0) is 113 Å². The van der Waals surface area contributed by atoms with Crippen molar-refractivity contribution in [2.45, 2.75) is 107 Å². The van der Waals surface area contributed by atoms with E-state index in [0.717, 1.165) is 161 Å². The van der Waals surface area contributed by atoms with E-state index in [1.165, 1.54) is 11.6 Å². The third-order valence-electron chi connectivity index (χ3n) is 17.4. The molecule has 5 fully saturated rings. The molecule has 11 rings (SSSR count). The molecule has 6 aliphatic heterocycles. The van der Waals surface area contributed by atoms with Crippen LogP contribution in [0.1, 0.15) is 92.6 Å². The van der Waals surface area contributed by atoms with Crippen LogP contribution in [0.25, 0.3) is 32.9 Å². The molecule has 0 spiro atoms. The molecule has 81 heavy (non-hydrogen) atoms. The molecule has 4 N–H and O–H groups in total. The minimum atomic E-state index is -0.675. The van der Waals surface area contributed by atoms with Gasteiger partial charge in [-0.2, -0.15) is 9.97 Å². The van der Waals surface area contributed by atoms with Gasteiger partial charge in [-0.1, -0.05) is 55.7 Å². The third-order valence-corrected chi connectivity index (χ3v) is 18.0. The molecule has 0 aliphatic carbocycles. The van der Waals surface area contributed by atoms with Crippen LogP contribution in [-0.4, -0.2) is 169 Å². The number of ether oxygens (including phenoxy) is 1. The molecule has 6 atom stereocenters. The summed E-state index contributed by atoms with van der Waals surface area (Å²) in [6.07, 6.45) is 17.9. The summed E-state index contributed by atoms with van der Waals surface area (Å²) in [6.45, 7) is 17.4. The Labute approximate surface area is 475 Å². The number of hydrogen-bond acceptors (Lipinski definition) is 15. The van der Waals surface area contributed by atoms with E-state index in [0.29, 0.717) is 72.7 Å². The summed E-state index contributed by atoms with van der Waals surface area (Å²) in [5.41, 5.74) is 6.05. The Bertz CT molecular complexity index is 3180. The zero-order chi connectivity index (χ0) is 57.4. The van der Waals surface area contributed by atoms with Gasteiger partial charge in [0.1, 0.15) is 31.1 Å². The standard InChI is InChI=1S/C59H71FN11O4P.CH2O2.CH2O/c1-5-8-50(56(73)63-36-72)70-31-40-27-43(14-15-46(40)57(70)74)68-24-19-38(20-25-68)18-23-67(26-22-61-4)34-44-17-21-59(28-37(3)30-71(44)59)35-75-58-65-53-48(55(66-58)69-32-41-12-13-42(33-69)64-41)29-62-52(54(53)76)47-10-7-9-39-11-16-49(60)45(6-2)51(39)47;2-1-3;1-2/h2,7,9-11,14-16,27,29,36,38,41-42,44,50,61,64H,3,5,8,12-13,17-26,28,30-35,76H2,1,4H3,(H,63,72,73);1H,(H,2,3);1H2. The monoisotopic (exact) mass is 1120 g/mol. The lowest BCUT2D eigenvalue weighted by Crippen LogP contribution is -2.51. The quantitative estimate of drug-likeness (QED) is 0.0339. The summed E-state index contributed by atoms with van der Waals surface area (Å²) in [5.74, 6) is 3.01. The lowest BCUT2D eigenvalue weighted by atomic mass is 9.92. The molecule has 5 saturated heterocycles. The second-order valence-corrected chi connectivity index (χ2v) is 22.9. The molecule has 0 radical (unpaired) electrons. The number of carboxylic acid groups (broad SMARTS) is 1. The van der Waals surface area contributed by atoms with E-state index in [4.69, 9.17) is 40.8 Å². The van der Waals surface area contributed by atoms with E-state index >= 15 is 4.39 Å². The summed E-state index contributed by atoms with van der Waals surface area (Å²) in [7, 11) is 4.91. The van der Waals surface area contributed by atoms with Gasteiger partial charge in [0.25, 0.3) is 12.4 Å². The summed E-state index contributed by atoms with van der Waals surface area (Å²) in [5, 5.41) is 19.4. The molecular formula is C61H75FN11O7P. The van der Waals surface area contributed by atoms with Crippen LogP contribution in [0.15, 0.2) is 66.9 Å². The minimum Gasteiger partial charge on any atom is -0.483 e. The number of piperazine rings is 1. The van der Waals surface area contributed by atoms with Crippen molar-refractivity contribution >= 4 is 79.2 Å². The number of carbonyl (C=O) groups excluding carboxylic acids is 4. The number of piperidine rings is 1. The number of benzene rings is 3. The fourth-order valence-electron chi connectivity index (χ4n) is 13.6. The number of rotatable bonds is 19. The third kappa shape index (κ3) is 12.3. The molecule has 428 valence electrons. The van der Waals surface area contributed by atoms with Crippen LogP contribution in [0, 0.1) is 24.1 Å². The SMILES string of the molecule is C#Cc1c(F)ccc2cccc(-c3ncc4c(N5CC6CCC(C5)N6)nc(OCC56CCC(CN(CCNC)CCC7CCN(c8ccc9c(c8)CN(C(CCC)C(=O)NC=O)C9=O)CC7)N5CC(=C)C6)nc4c3P)c12.C=O.O=CO. The topological polar surface area (TPSA) is 206 Å². The van der Waals surface area contributed by atoms with Gasteiger partial charge in [-0.25, -0.2) is 4.39 Å². The van der Waals surface area contributed by atoms with Gasteiger partial charge in [-0.3, -0.25) is 34.4 Å². The van der Waals surface area contributed by atoms with Crippen molar-refractivity contribution in [1.29, 1.82) is 0 Å². The predicted octanol–water partition coefficient (Wildman–Crippen LogP) is 5.69. The average Bonchev–Trinajstić information content (AvgIpc) is 4.26. The maximum atomic E-state index is 15.2. The number of nitrogens with zero attached hydrogens (tertiary/aromatic N) is 8. The number of carbonyl (C=O) groups is 5. The highest BCUT2D eigenvalue weighted by Crippen LogP contribution is 2.45. The smallest absolute Gasteiger partial charge is 0.319 e. The molecule has 3 amide bonds. The Kier molecular flexibility index (Phi) is 19.1. The second kappa shape index (κ2) is 26.3. The molecular weight excluding hydrogens is 1050 g/mol. The van der Waals surface area contributed by atoms with Crippen molar-refractivity contribution in [1.82, 2.24) is 45.6 Å². The van der Waals surface area contributed by atoms with Crippen LogP contribution in [0.3, 0.4) is 0 Å². The number of fused-ring (bicyclic) bond motifs is 6. The lowest BCUT2D eigenvalue weighted by Gasteiger charge is -2.37. The van der Waals surface area contributed by atoms with Gasteiger partial charge in [0.15, 0.2) is 0 Å². The number of anilines is 2. The van der Waals surface area contributed by atoms with Gasteiger partial charge in [0.2, 0.25) is 12.3 Å². The molecule has 0 saturated carbocycles. The normalized spacial score (nSPS) is 21.7. The van der Waals surface area contributed by atoms with Crippen molar-refractivity contribution in [3.8, 4) is 29.6 Å². The van der Waals surface area contributed by atoms with Crippen molar-refractivity contribution < 1.29 is 38.2 Å². The number of pyridine rings is 1. The summed E-state index contributed by atoms with van der Waals surface area (Å²) in [6, 6.07) is 15.9. The van der Waals surface area contributed by atoms with Crippen LogP contribution in [-0.2, 0) is 25.7 Å². The maximum Gasteiger partial charge on any atom is 0.319 e. The molecule has 6 aliphatic rings. The number of likely N-dealkylation sites (N-methyl/N-ethyl adjacent to an activating group) is 1. The summed E-state index contributed by atoms with van der Waals surface area (Å²) >= 11 is 0. The van der Waals surface area contributed by atoms with Gasteiger partial charge < -0.3 is 44.9 Å². The predicted molar refractivity (Wildman–Crippen MR) is 316 cm³/mol. The largest absolute Gasteiger partial charge is 0.483 e. The Morgan fingerprint density at radius 3 is 2.53 bits per heavy atom. The first-order valence-electron chi connectivity index (χ1n) is 28.3. The van der Waals surface area contributed by atoms with Gasteiger partial charge in [0, 0.05) is 111 Å². The van der Waals surface area contributed by atoms with E-state index in [1.54, 1.807) is 11.0 Å². The van der Waals surface area contributed by atoms with E-state index in [9.17, 15) is 14.4 Å². The highest BCUT2D eigenvalue weighted by Gasteiger charge is 2.51. The fraction of sp³-hybridized carbons (Fsp3) is 0.475. The number of imide groups is 1. The minimum absolute atomic E-state index is 0.155. The molecule has 2 bridgehead atoms. The molecule has 20 heteroatoms. The molecule has 5 aromatic rings. The zero-order valence-electron chi connectivity index (χ0n) is 46.5. The fourth-order valence-corrected chi connectivity index (χ4v) is 14.0. The molecule has 3 aromatic carbocycles. The molecule has 6 unspecified atom stereocenters. The molecule has 18 nitrogen and oxygen atoms in total. The molecule has 8 heterocycles. The first kappa shape index (κ1) is 58.7. The zero-order valence-corrected chi connectivity index (χ0v) is 47.7. The Morgan fingerprint density at radius 2 is 1.81 bits per heavy atom. The van der Waals surface area contributed by atoms with Crippen molar-refractivity contribution in [2.24, 2.45) is 5.92 Å². The van der Waals surface area contributed by atoms with Crippen molar-refractivity contribution in [3.63, 3.8) is 0 Å². The van der Waals surface area contributed by atoms with Crippen LogP contribution in [0.5, 0.6) is 6.01 Å². The van der Waals surface area contributed by atoms with E-state index in [-0.39, 0.29) is 23.5 Å². The number of hydrogen-bond donors (Lipinski definition) is 4. The van der Waals surface area contributed by atoms with E-state index < -0.39 is 17.8 Å². The Hall–Kier alpha value is -6.94. The van der Waals surface area contributed by atoms with Gasteiger partial charge in [0.05, 0.1) is 27.7 Å². The first-order chi connectivity index (χ1) is 39.4. The van der Waals surface area contributed by atoms with Crippen LogP contribution < -0.4 is 35.8 Å². The highest BCUT2D eigenvalue weighted by atomic mass is 31.0. The number of terminal acetylenes is 1. The van der Waals surface area contributed by atoms with E-state index in [1.807, 2.05) is 57.3 Å². The summed E-state index contributed by atoms with van der Waals surface area (Å²) in [4.78, 5) is 80.8. The lowest BCUT2D eigenvalue weighted by molar-refractivity contribution is -0.129. The Morgan fingerprint density at radius 1 is 1.05 bits per heavy atom. The number of nitrogens with one attached hydrogen (secondary N) is 3. The number of amides is 3. The van der Waals surface area contributed by atoms with Crippen LogP contribution >= 0.6 is 9.24 Å².